The van der Waals surface area contributed by atoms with Gasteiger partial charge in [0.1, 0.15) is 11.8 Å². The van der Waals surface area contributed by atoms with E-state index in [1.165, 1.54) is 13.2 Å². The Morgan fingerprint density at radius 2 is 1.88 bits per heavy atom. The van der Waals surface area contributed by atoms with Gasteiger partial charge in [-0.2, -0.15) is 0 Å². The summed E-state index contributed by atoms with van der Waals surface area (Å²) in [5.74, 6) is -2.61. The first-order chi connectivity index (χ1) is 11.9. The lowest BCUT2D eigenvalue weighted by Crippen LogP contribution is -2.46. The summed E-state index contributed by atoms with van der Waals surface area (Å²) in [4.78, 5) is 23.7. The topological polar surface area (TPSA) is 81.4 Å². The van der Waals surface area contributed by atoms with Crippen molar-refractivity contribution in [1.82, 2.24) is 5.32 Å². The molecule has 132 valence electrons. The molecule has 7 heteroatoms. The zero-order chi connectivity index (χ0) is 18.4. The summed E-state index contributed by atoms with van der Waals surface area (Å²) in [6, 6.07) is 9.29. The van der Waals surface area contributed by atoms with E-state index >= 15 is 0 Å². The first-order valence-corrected chi connectivity index (χ1v) is 7.54. The van der Waals surface area contributed by atoms with Crippen LogP contribution in [-0.2, 0) is 22.4 Å². The number of rotatable bonds is 7. The maximum atomic E-state index is 13.2. The summed E-state index contributed by atoms with van der Waals surface area (Å²) in [6.07, 6.45) is -0.00482. The van der Waals surface area contributed by atoms with Gasteiger partial charge in [0.15, 0.2) is 11.6 Å². The number of nitrogens with two attached hydrogens (primary N) is 1. The van der Waals surface area contributed by atoms with Gasteiger partial charge in [0.05, 0.1) is 13.5 Å². The van der Waals surface area contributed by atoms with Crippen molar-refractivity contribution in [2.24, 2.45) is 5.73 Å². The molecule has 0 saturated heterocycles. The summed E-state index contributed by atoms with van der Waals surface area (Å²) < 4.78 is 31.2. The zero-order valence-electron chi connectivity index (χ0n) is 13.6. The fourth-order valence-corrected chi connectivity index (χ4v) is 2.34. The van der Waals surface area contributed by atoms with Crippen molar-refractivity contribution in [3.63, 3.8) is 0 Å². The molecule has 0 saturated carbocycles. The molecular weight excluding hydrogens is 330 g/mol. The van der Waals surface area contributed by atoms with E-state index in [9.17, 15) is 18.4 Å². The lowest BCUT2D eigenvalue weighted by Gasteiger charge is -2.16. The molecule has 2 amide bonds. The molecule has 0 heterocycles. The molecule has 3 N–H and O–H groups in total. The van der Waals surface area contributed by atoms with Crippen LogP contribution in [0.2, 0.25) is 0 Å². The molecule has 5 nitrogen and oxygen atoms in total. The quantitative estimate of drug-likeness (QED) is 0.800. The Morgan fingerprint density at radius 3 is 2.52 bits per heavy atom. The van der Waals surface area contributed by atoms with Gasteiger partial charge in [-0.25, -0.2) is 8.78 Å². The van der Waals surface area contributed by atoms with E-state index in [-0.39, 0.29) is 12.8 Å². The van der Waals surface area contributed by atoms with Crippen LogP contribution < -0.4 is 15.8 Å². The van der Waals surface area contributed by atoms with Crippen molar-refractivity contribution in [2.75, 3.05) is 7.11 Å². The van der Waals surface area contributed by atoms with Gasteiger partial charge >= 0.3 is 0 Å². The van der Waals surface area contributed by atoms with Crippen LogP contribution in [0.3, 0.4) is 0 Å². The second-order valence-corrected chi connectivity index (χ2v) is 5.50. The van der Waals surface area contributed by atoms with Crippen molar-refractivity contribution in [1.29, 1.82) is 0 Å². The van der Waals surface area contributed by atoms with Crippen LogP contribution in [0.25, 0.3) is 0 Å². The highest BCUT2D eigenvalue weighted by atomic mass is 19.2. The van der Waals surface area contributed by atoms with Gasteiger partial charge in [-0.15, -0.1) is 0 Å². The van der Waals surface area contributed by atoms with E-state index in [4.69, 9.17) is 10.5 Å². The summed E-state index contributed by atoms with van der Waals surface area (Å²) in [6.45, 7) is 0. The summed E-state index contributed by atoms with van der Waals surface area (Å²) in [5.41, 5.74) is 6.40. The number of hydrogen-bond donors (Lipinski definition) is 2. The molecule has 0 aliphatic carbocycles. The smallest absolute Gasteiger partial charge is 0.240 e. The molecule has 1 atom stereocenters. The number of carbonyl (C=O) groups excluding carboxylic acids is 2. The third-order valence-electron chi connectivity index (χ3n) is 3.60. The third kappa shape index (κ3) is 5.27. The Kier molecular flexibility index (Phi) is 6.05. The van der Waals surface area contributed by atoms with Crippen LogP contribution in [0, 0.1) is 11.6 Å². The molecule has 0 bridgehead atoms. The SMILES string of the molecule is COc1cccc(C[C@@H](NC(=O)Cc2ccc(F)c(F)c2)C(N)=O)c1. The predicted molar refractivity (Wildman–Crippen MR) is 87.9 cm³/mol. The van der Waals surface area contributed by atoms with Crippen molar-refractivity contribution in [3.8, 4) is 5.75 Å². The lowest BCUT2D eigenvalue weighted by molar-refractivity contribution is -0.127. The second-order valence-electron chi connectivity index (χ2n) is 5.50. The molecule has 2 rings (SSSR count). The van der Waals surface area contributed by atoms with Gasteiger partial charge in [-0.1, -0.05) is 18.2 Å². The summed E-state index contributed by atoms with van der Waals surface area (Å²) in [7, 11) is 1.52. The Labute approximate surface area is 143 Å². The van der Waals surface area contributed by atoms with E-state index < -0.39 is 29.5 Å². The average molecular weight is 348 g/mol. The highest BCUT2D eigenvalue weighted by Gasteiger charge is 2.19. The number of primary amides is 1. The van der Waals surface area contributed by atoms with Crippen LogP contribution >= 0.6 is 0 Å². The first-order valence-electron chi connectivity index (χ1n) is 7.54. The molecule has 0 aliphatic rings. The number of amides is 2. The van der Waals surface area contributed by atoms with E-state index in [1.807, 2.05) is 0 Å². The largest absolute Gasteiger partial charge is 0.497 e. The average Bonchev–Trinajstić information content (AvgIpc) is 2.57. The molecule has 0 spiro atoms. The number of carbonyl (C=O) groups is 2. The van der Waals surface area contributed by atoms with E-state index in [0.717, 1.165) is 17.7 Å². The second kappa shape index (κ2) is 8.23. The van der Waals surface area contributed by atoms with Gasteiger partial charge in [0.2, 0.25) is 11.8 Å². The number of halogens is 2. The maximum Gasteiger partial charge on any atom is 0.240 e. The normalized spacial score (nSPS) is 11.6. The van der Waals surface area contributed by atoms with Gasteiger partial charge in [0.25, 0.3) is 0 Å². The number of ether oxygens (including phenoxy) is 1. The molecule has 0 aromatic heterocycles. The Bertz CT molecular complexity index is 781. The van der Waals surface area contributed by atoms with E-state index in [1.54, 1.807) is 24.3 Å². The molecule has 0 aliphatic heterocycles. The maximum absolute atomic E-state index is 13.2. The van der Waals surface area contributed by atoms with Crippen molar-refractivity contribution in [2.45, 2.75) is 18.9 Å². The fraction of sp³-hybridized carbons (Fsp3) is 0.222. The van der Waals surface area contributed by atoms with Crippen LogP contribution in [0.15, 0.2) is 42.5 Å². The lowest BCUT2D eigenvalue weighted by atomic mass is 10.0. The van der Waals surface area contributed by atoms with Gasteiger partial charge in [0, 0.05) is 6.42 Å². The number of hydrogen-bond acceptors (Lipinski definition) is 3. The van der Waals surface area contributed by atoms with Crippen LogP contribution in [-0.4, -0.2) is 25.0 Å². The minimum atomic E-state index is -1.03. The minimum absolute atomic E-state index is 0.191. The first kappa shape index (κ1) is 18.4. The highest BCUT2D eigenvalue weighted by Crippen LogP contribution is 2.14. The summed E-state index contributed by atoms with van der Waals surface area (Å²) in [5, 5.41) is 2.51. The van der Waals surface area contributed by atoms with Crippen LogP contribution in [0.5, 0.6) is 5.75 Å². The van der Waals surface area contributed by atoms with Crippen molar-refractivity contribution >= 4 is 11.8 Å². The van der Waals surface area contributed by atoms with Crippen LogP contribution in [0.1, 0.15) is 11.1 Å². The third-order valence-corrected chi connectivity index (χ3v) is 3.60. The molecule has 2 aromatic carbocycles. The van der Waals surface area contributed by atoms with E-state index in [2.05, 4.69) is 5.32 Å². The van der Waals surface area contributed by atoms with Crippen molar-refractivity contribution in [3.05, 3.63) is 65.2 Å². The van der Waals surface area contributed by atoms with Crippen molar-refractivity contribution < 1.29 is 23.1 Å². The Hall–Kier alpha value is -2.96. The minimum Gasteiger partial charge on any atom is -0.497 e. The van der Waals surface area contributed by atoms with E-state index in [0.29, 0.717) is 11.3 Å². The zero-order valence-corrected chi connectivity index (χ0v) is 13.6. The van der Waals surface area contributed by atoms with Gasteiger partial charge in [-0.05, 0) is 35.4 Å². The molecular formula is C18H18F2N2O3. The van der Waals surface area contributed by atoms with Crippen LogP contribution in [0.4, 0.5) is 8.78 Å². The predicted octanol–water partition coefficient (Wildman–Crippen LogP) is 1.73. The van der Waals surface area contributed by atoms with Gasteiger partial charge < -0.3 is 15.8 Å². The summed E-state index contributed by atoms with van der Waals surface area (Å²) >= 11 is 0. The molecule has 2 aromatic rings. The number of nitrogens with one attached hydrogen (secondary N) is 1. The fourth-order valence-electron chi connectivity index (χ4n) is 2.34. The number of methoxy groups -OCH3 is 1. The molecule has 0 unspecified atom stereocenters. The molecule has 0 fully saturated rings. The molecule has 25 heavy (non-hydrogen) atoms. The standard InChI is InChI=1S/C18H18F2N2O3/c1-25-13-4-2-3-11(7-13)9-16(18(21)24)22-17(23)10-12-5-6-14(19)15(20)8-12/h2-8,16H,9-10H2,1H3,(H2,21,24)(H,22,23)/t16-/m1/s1. The monoisotopic (exact) mass is 348 g/mol. The highest BCUT2D eigenvalue weighted by molar-refractivity contribution is 5.87. The molecule has 0 radical (unpaired) electrons. The number of benzene rings is 2. The Morgan fingerprint density at radius 1 is 1.12 bits per heavy atom. The Balaban J connectivity index is 2.03. The van der Waals surface area contributed by atoms with Gasteiger partial charge in [-0.3, -0.25) is 9.59 Å².